The van der Waals surface area contributed by atoms with Gasteiger partial charge in [-0.3, -0.25) is 4.79 Å². The van der Waals surface area contributed by atoms with Crippen LogP contribution in [0.15, 0.2) is 12.1 Å². The van der Waals surface area contributed by atoms with E-state index in [0.717, 1.165) is 6.07 Å². The van der Waals surface area contributed by atoms with Crippen LogP contribution < -0.4 is 0 Å². The Morgan fingerprint density at radius 3 is 2.46 bits per heavy atom. The summed E-state index contributed by atoms with van der Waals surface area (Å²) in [7, 11) is 0. The Bertz CT molecular complexity index is 378. The van der Waals surface area contributed by atoms with Gasteiger partial charge in [0, 0.05) is 6.07 Å². The fourth-order valence-electron chi connectivity index (χ4n) is 0.835. The number of carbonyl (C=O) groups is 1. The van der Waals surface area contributed by atoms with Crippen LogP contribution in [0.3, 0.4) is 0 Å². The van der Waals surface area contributed by atoms with Crippen molar-refractivity contribution in [1.29, 1.82) is 0 Å². The Morgan fingerprint density at radius 1 is 1.38 bits per heavy atom. The van der Waals surface area contributed by atoms with E-state index in [9.17, 15) is 18.5 Å². The number of benzene rings is 1. The zero-order valence-corrected chi connectivity index (χ0v) is 6.20. The van der Waals surface area contributed by atoms with Crippen LogP contribution in [0, 0.1) is 16.5 Å². The first-order valence-corrected chi connectivity index (χ1v) is 3.17. The average Bonchev–Trinajstić information content (AvgIpc) is 2.09. The quantitative estimate of drug-likeness (QED) is 0.566. The standard InChI is InChI=1S/C7H4F2NO3/c8-5-1-2-6(10(12)13)4(3-11)7(5)9/h1-3H,(H,12,13)/q+1. The van der Waals surface area contributed by atoms with Crippen molar-refractivity contribution in [2.45, 2.75) is 0 Å². The molecule has 0 heterocycles. The van der Waals surface area contributed by atoms with Crippen LogP contribution in [0.1, 0.15) is 10.4 Å². The van der Waals surface area contributed by atoms with Gasteiger partial charge < -0.3 is 0 Å². The fraction of sp³-hybridized carbons (Fsp3) is 0. The van der Waals surface area contributed by atoms with Gasteiger partial charge in [-0.15, -0.1) is 0 Å². The third-order valence-corrected chi connectivity index (χ3v) is 1.43. The second-order valence-electron chi connectivity index (χ2n) is 2.18. The molecule has 0 aliphatic rings. The van der Waals surface area contributed by atoms with Gasteiger partial charge in [-0.05, 0) is 6.07 Å². The molecule has 0 saturated heterocycles. The van der Waals surface area contributed by atoms with E-state index < -0.39 is 27.8 Å². The van der Waals surface area contributed by atoms with Gasteiger partial charge in [-0.25, -0.2) is 14.0 Å². The lowest BCUT2D eigenvalue weighted by atomic mass is 10.2. The van der Waals surface area contributed by atoms with Crippen LogP contribution in [-0.2, 0) is 0 Å². The van der Waals surface area contributed by atoms with Crippen molar-refractivity contribution in [3.63, 3.8) is 0 Å². The van der Waals surface area contributed by atoms with Gasteiger partial charge in [0.25, 0.3) is 4.92 Å². The lowest BCUT2D eigenvalue weighted by Gasteiger charge is -1.94. The molecule has 0 saturated carbocycles. The number of rotatable bonds is 2. The molecule has 13 heavy (non-hydrogen) atoms. The number of hydrogen-bond acceptors (Lipinski definition) is 2. The smallest absolute Gasteiger partial charge is 0.297 e. The number of nitrogens with zero attached hydrogens (tertiary/aromatic N) is 1. The maximum atomic E-state index is 12.7. The first-order chi connectivity index (χ1) is 6.07. The van der Waals surface area contributed by atoms with Crippen molar-refractivity contribution in [2.24, 2.45) is 0 Å². The van der Waals surface area contributed by atoms with Crippen molar-refractivity contribution in [1.82, 2.24) is 0 Å². The van der Waals surface area contributed by atoms with Crippen molar-refractivity contribution in [2.75, 3.05) is 0 Å². The molecule has 1 N–H and O–H groups in total. The lowest BCUT2D eigenvalue weighted by molar-refractivity contribution is -0.729. The second-order valence-corrected chi connectivity index (χ2v) is 2.18. The molecule has 0 radical (unpaired) electrons. The zero-order chi connectivity index (χ0) is 10.0. The summed E-state index contributed by atoms with van der Waals surface area (Å²) in [4.78, 5) is 19.8. The summed E-state index contributed by atoms with van der Waals surface area (Å²) in [5.74, 6) is -2.71. The van der Waals surface area contributed by atoms with Gasteiger partial charge in [0.1, 0.15) is 5.56 Å². The SMILES string of the molecule is O=Cc1c([N+](=O)O)ccc(F)c1F. The molecule has 0 amide bonds. The highest BCUT2D eigenvalue weighted by atomic mass is 19.2. The molecule has 0 aliphatic heterocycles. The van der Waals surface area contributed by atoms with E-state index in [1.165, 1.54) is 0 Å². The Balaban J connectivity index is 3.47. The minimum Gasteiger partial charge on any atom is -0.297 e. The second kappa shape index (κ2) is 3.26. The third-order valence-electron chi connectivity index (χ3n) is 1.43. The van der Waals surface area contributed by atoms with Crippen molar-refractivity contribution >= 4 is 12.0 Å². The maximum Gasteiger partial charge on any atom is 0.330 e. The topological polar surface area (TPSA) is 57.4 Å². The molecule has 1 rings (SSSR count). The van der Waals surface area contributed by atoms with E-state index in [-0.39, 0.29) is 6.29 Å². The van der Waals surface area contributed by atoms with E-state index >= 15 is 0 Å². The molecule has 6 heteroatoms. The summed E-state index contributed by atoms with van der Waals surface area (Å²) in [5.41, 5.74) is -1.44. The van der Waals surface area contributed by atoms with E-state index in [4.69, 9.17) is 5.21 Å². The Morgan fingerprint density at radius 2 is 2.00 bits per heavy atom. The summed E-state index contributed by atoms with van der Waals surface area (Å²) >= 11 is 0. The summed E-state index contributed by atoms with van der Waals surface area (Å²) in [6.45, 7) is 0. The molecule has 1 aromatic carbocycles. The number of hydrogen-bond donors (Lipinski definition) is 1. The summed E-state index contributed by atoms with van der Waals surface area (Å²) < 4.78 is 25.2. The molecular weight excluding hydrogens is 184 g/mol. The van der Waals surface area contributed by atoms with Crippen LogP contribution >= 0.6 is 0 Å². The number of aldehydes is 1. The molecule has 0 spiro atoms. The fourth-order valence-corrected chi connectivity index (χ4v) is 0.835. The zero-order valence-electron chi connectivity index (χ0n) is 6.20. The predicted molar refractivity (Wildman–Crippen MR) is 36.8 cm³/mol. The summed E-state index contributed by atoms with van der Waals surface area (Å²) in [6.07, 6.45) is -0.0468. The number of carbonyl (C=O) groups excluding carboxylic acids is 1. The molecule has 0 fully saturated rings. The molecule has 0 bridgehead atoms. The lowest BCUT2D eigenvalue weighted by Crippen LogP contribution is -2.01. The van der Waals surface area contributed by atoms with E-state index in [2.05, 4.69) is 0 Å². The number of halogens is 2. The van der Waals surface area contributed by atoms with Gasteiger partial charge in [-0.1, -0.05) is 0 Å². The minimum absolute atomic E-state index is 0.0468. The average molecular weight is 188 g/mol. The first-order valence-electron chi connectivity index (χ1n) is 3.17. The molecule has 4 nitrogen and oxygen atoms in total. The van der Waals surface area contributed by atoms with E-state index in [0.29, 0.717) is 6.07 Å². The van der Waals surface area contributed by atoms with Crippen LogP contribution in [0.25, 0.3) is 0 Å². The van der Waals surface area contributed by atoms with Crippen molar-refractivity contribution in [3.05, 3.63) is 34.2 Å². The largest absolute Gasteiger partial charge is 0.330 e. The van der Waals surface area contributed by atoms with Gasteiger partial charge >= 0.3 is 5.69 Å². The highest BCUT2D eigenvalue weighted by Crippen LogP contribution is 2.20. The van der Waals surface area contributed by atoms with Gasteiger partial charge in [0.05, 0.1) is 4.91 Å². The molecule has 1 aromatic rings. The van der Waals surface area contributed by atoms with Crippen molar-refractivity contribution in [3.8, 4) is 0 Å². The highest BCUT2D eigenvalue weighted by Gasteiger charge is 2.24. The highest BCUT2D eigenvalue weighted by molar-refractivity contribution is 5.81. The van der Waals surface area contributed by atoms with Gasteiger partial charge in [0.15, 0.2) is 17.9 Å². The Hall–Kier alpha value is -1.85. The van der Waals surface area contributed by atoms with E-state index in [1.807, 2.05) is 0 Å². The third kappa shape index (κ3) is 1.51. The van der Waals surface area contributed by atoms with Crippen molar-refractivity contribution < 1.29 is 23.7 Å². The van der Waals surface area contributed by atoms with Crippen LogP contribution in [-0.4, -0.2) is 16.4 Å². The molecular formula is C7H4F2NO3+. The maximum absolute atomic E-state index is 12.7. The molecule has 0 aromatic heterocycles. The minimum atomic E-state index is -1.46. The Kier molecular flexibility index (Phi) is 2.32. The van der Waals surface area contributed by atoms with Crippen LogP contribution in [0.2, 0.25) is 0 Å². The first kappa shape index (κ1) is 9.24. The van der Waals surface area contributed by atoms with Gasteiger partial charge in [0.2, 0.25) is 0 Å². The molecule has 0 atom stereocenters. The molecule has 0 unspecified atom stereocenters. The normalized spacial score (nSPS) is 9.69. The summed E-state index contributed by atoms with van der Waals surface area (Å²) in [5, 5.41) is 8.38. The van der Waals surface area contributed by atoms with E-state index in [1.54, 1.807) is 0 Å². The molecule has 68 valence electrons. The van der Waals surface area contributed by atoms with Crippen LogP contribution in [0.5, 0.6) is 0 Å². The van der Waals surface area contributed by atoms with Crippen LogP contribution in [0.4, 0.5) is 14.5 Å². The Labute approximate surface area is 70.9 Å². The monoisotopic (exact) mass is 188 g/mol. The summed E-state index contributed by atoms with van der Waals surface area (Å²) in [6, 6.07) is 1.44. The van der Waals surface area contributed by atoms with Gasteiger partial charge in [-0.2, -0.15) is 0 Å². The molecule has 0 aliphatic carbocycles. The predicted octanol–water partition coefficient (Wildman–Crippen LogP) is 1.58.